The molecule has 2 N–H and O–H groups in total. The van der Waals surface area contributed by atoms with Gasteiger partial charge in [0.2, 0.25) is 0 Å². The highest BCUT2D eigenvalue weighted by atomic mass is 16.5. The molecule has 88 valence electrons. The normalized spacial score (nSPS) is 10.2. The third-order valence-electron chi connectivity index (χ3n) is 1.80. The maximum Gasteiger partial charge on any atom is 0.337 e. The number of nitrogens with one attached hydrogen (secondary N) is 2. The Balaban J connectivity index is 2.52. The van der Waals surface area contributed by atoms with E-state index in [2.05, 4.69) is 15.7 Å². The Morgan fingerprint density at radius 2 is 2.18 bits per heavy atom. The predicted octanol–water partition coefficient (Wildman–Crippen LogP) is 1.93. The molecule has 0 aliphatic carbocycles. The maximum atomic E-state index is 11.2. The number of carbonyl (C=O) groups excluding carboxylic acids is 1. The first-order valence-corrected chi connectivity index (χ1v) is 5.09. The molecule has 0 heterocycles. The first-order chi connectivity index (χ1) is 8.27. The van der Waals surface area contributed by atoms with Crippen LogP contribution in [0.2, 0.25) is 0 Å². The van der Waals surface area contributed by atoms with Crippen molar-refractivity contribution in [2.45, 2.75) is 6.92 Å². The van der Waals surface area contributed by atoms with Crippen molar-refractivity contribution < 1.29 is 9.53 Å². The zero-order valence-corrected chi connectivity index (χ0v) is 9.43. The van der Waals surface area contributed by atoms with E-state index in [1.165, 1.54) is 6.20 Å². The van der Waals surface area contributed by atoms with Gasteiger partial charge < -0.3 is 15.6 Å². The minimum atomic E-state index is -0.634. The van der Waals surface area contributed by atoms with E-state index in [0.717, 1.165) is 5.69 Å². The van der Waals surface area contributed by atoms with Crippen molar-refractivity contribution in [2.24, 2.45) is 0 Å². The fourth-order valence-electron chi connectivity index (χ4n) is 1.05. The first kappa shape index (κ1) is 12.6. The molecule has 0 bridgehead atoms. The number of carbonyl (C=O) groups is 1. The molecule has 0 radical (unpaired) electrons. The quantitative estimate of drug-likeness (QED) is 0.352. The highest BCUT2D eigenvalue weighted by molar-refractivity contribution is 5.90. The minimum absolute atomic E-state index is 0.102. The summed E-state index contributed by atoms with van der Waals surface area (Å²) in [6.07, 6.45) is 1.28. The maximum absolute atomic E-state index is 11.2. The number of esters is 1. The molecule has 0 aliphatic heterocycles. The molecule has 0 saturated carbocycles. The second-order valence-electron chi connectivity index (χ2n) is 3.00. The van der Waals surface area contributed by atoms with Crippen molar-refractivity contribution in [2.75, 3.05) is 12.0 Å². The molecule has 0 aromatic heterocycles. The number of hydrogen-bond donors (Lipinski definition) is 2. The van der Waals surface area contributed by atoms with Crippen LogP contribution < -0.4 is 10.9 Å². The molecule has 0 unspecified atom stereocenters. The van der Waals surface area contributed by atoms with Gasteiger partial charge in [0, 0.05) is 6.20 Å². The average Bonchev–Trinajstić information content (AvgIpc) is 2.36. The van der Waals surface area contributed by atoms with E-state index in [0.29, 0.717) is 0 Å². The summed E-state index contributed by atoms with van der Waals surface area (Å²) in [6.45, 7) is 8.78. The summed E-state index contributed by atoms with van der Waals surface area (Å²) in [7, 11) is 0. The third-order valence-corrected chi connectivity index (χ3v) is 1.80. The summed E-state index contributed by atoms with van der Waals surface area (Å²) < 4.78 is 4.71. The molecule has 1 aromatic rings. The molecular formula is C12H13N3O2. The van der Waals surface area contributed by atoms with Crippen molar-refractivity contribution in [3.8, 4) is 0 Å². The van der Waals surface area contributed by atoms with Crippen molar-refractivity contribution in [1.29, 1.82) is 0 Å². The van der Waals surface area contributed by atoms with Gasteiger partial charge in [-0.2, -0.15) is 0 Å². The Bertz CT molecular complexity index is 435. The number of nitrogens with zero attached hydrogens (tertiary/aromatic N) is 1. The molecule has 0 saturated heterocycles. The molecule has 0 atom stereocenters. The molecule has 1 rings (SSSR count). The van der Waals surface area contributed by atoms with Gasteiger partial charge in [-0.1, -0.05) is 18.2 Å². The van der Waals surface area contributed by atoms with Gasteiger partial charge in [-0.3, -0.25) is 4.79 Å². The van der Waals surface area contributed by atoms with Crippen LogP contribution in [0.15, 0.2) is 42.2 Å². The lowest BCUT2D eigenvalue weighted by Crippen LogP contribution is -2.17. The van der Waals surface area contributed by atoms with Crippen molar-refractivity contribution in [1.82, 2.24) is 5.43 Å². The lowest BCUT2D eigenvalue weighted by Gasteiger charge is -2.05. The van der Waals surface area contributed by atoms with Crippen LogP contribution >= 0.6 is 0 Å². The van der Waals surface area contributed by atoms with Crippen LogP contribution in [0.5, 0.6) is 0 Å². The third kappa shape index (κ3) is 4.26. The highest BCUT2D eigenvalue weighted by Gasteiger charge is 2.09. The zero-order valence-electron chi connectivity index (χ0n) is 9.43. The van der Waals surface area contributed by atoms with Gasteiger partial charge in [-0.05, 0) is 19.1 Å². The number of rotatable bonds is 5. The minimum Gasteiger partial charge on any atom is -0.471 e. The molecule has 5 heteroatoms. The van der Waals surface area contributed by atoms with E-state index >= 15 is 0 Å². The zero-order chi connectivity index (χ0) is 12.5. The summed E-state index contributed by atoms with van der Waals surface area (Å²) in [5, 5.41) is 0. The van der Waals surface area contributed by atoms with E-state index in [1.807, 2.05) is 30.3 Å². The van der Waals surface area contributed by atoms with Crippen LogP contribution in [0, 0.1) is 6.57 Å². The van der Waals surface area contributed by atoms with E-state index in [4.69, 9.17) is 11.3 Å². The summed E-state index contributed by atoms with van der Waals surface area (Å²) in [6, 6.07) is 9.33. The van der Waals surface area contributed by atoms with E-state index in [-0.39, 0.29) is 12.3 Å². The first-order valence-electron chi connectivity index (χ1n) is 5.09. The molecule has 0 spiro atoms. The largest absolute Gasteiger partial charge is 0.471 e. The molecule has 17 heavy (non-hydrogen) atoms. The number of ether oxygens (including phenoxy) is 1. The topological polar surface area (TPSA) is 54.7 Å². The fourth-order valence-corrected chi connectivity index (χ4v) is 1.05. The summed E-state index contributed by atoms with van der Waals surface area (Å²) in [5.41, 5.74) is 6.22. The lowest BCUT2D eigenvalue weighted by atomic mass is 10.3. The number of hydrazine groups is 1. The van der Waals surface area contributed by atoms with Gasteiger partial charge in [0.15, 0.2) is 0 Å². The van der Waals surface area contributed by atoms with Gasteiger partial charge in [-0.15, -0.1) is 0 Å². The number of anilines is 1. The van der Waals surface area contributed by atoms with E-state index in [1.54, 1.807) is 6.92 Å². The SMILES string of the molecule is [C-]#[N+]/C(=C\NNc1ccccc1)C(=O)OCC. The number of benzene rings is 1. The van der Waals surface area contributed by atoms with Gasteiger partial charge in [0.25, 0.3) is 5.70 Å². The Labute approximate surface area is 99.9 Å². The summed E-state index contributed by atoms with van der Waals surface area (Å²) >= 11 is 0. The second-order valence-corrected chi connectivity index (χ2v) is 3.00. The van der Waals surface area contributed by atoms with Gasteiger partial charge >= 0.3 is 5.97 Å². The van der Waals surface area contributed by atoms with E-state index < -0.39 is 5.97 Å². The van der Waals surface area contributed by atoms with Crippen LogP contribution in [-0.2, 0) is 9.53 Å². The average molecular weight is 231 g/mol. The molecule has 0 aliphatic rings. The standard InChI is InChI=1S/C12H13N3O2/c1-3-17-12(16)11(13-2)9-14-15-10-7-5-4-6-8-10/h4-9,14-15H,3H2,1H3/b11-9-. The summed E-state index contributed by atoms with van der Waals surface area (Å²) in [4.78, 5) is 14.3. The van der Waals surface area contributed by atoms with Crippen LogP contribution in [0.25, 0.3) is 4.85 Å². The predicted molar refractivity (Wildman–Crippen MR) is 64.5 cm³/mol. The van der Waals surface area contributed by atoms with Crippen LogP contribution in [0.3, 0.4) is 0 Å². The Kier molecular flexibility index (Phi) is 5.11. The monoisotopic (exact) mass is 231 g/mol. The Morgan fingerprint density at radius 3 is 2.76 bits per heavy atom. The highest BCUT2D eigenvalue weighted by Crippen LogP contribution is 2.03. The van der Waals surface area contributed by atoms with E-state index in [9.17, 15) is 4.79 Å². The van der Waals surface area contributed by atoms with Crippen LogP contribution in [0.1, 0.15) is 6.92 Å². The van der Waals surface area contributed by atoms with Crippen LogP contribution in [-0.4, -0.2) is 12.6 Å². The molecule has 5 nitrogen and oxygen atoms in total. The van der Waals surface area contributed by atoms with Gasteiger partial charge in [0.05, 0.1) is 18.9 Å². The smallest absolute Gasteiger partial charge is 0.337 e. The van der Waals surface area contributed by atoms with Gasteiger partial charge in [-0.25, -0.2) is 4.85 Å². The van der Waals surface area contributed by atoms with Gasteiger partial charge in [0.1, 0.15) is 0 Å². The molecular weight excluding hydrogens is 218 g/mol. The lowest BCUT2D eigenvalue weighted by molar-refractivity contribution is -0.138. The fraction of sp³-hybridized carbons (Fsp3) is 0.167. The van der Waals surface area contributed by atoms with Crippen molar-refractivity contribution >= 4 is 11.7 Å². The number of hydrogen-bond acceptors (Lipinski definition) is 4. The number of para-hydroxylation sites is 1. The second kappa shape index (κ2) is 6.90. The summed E-state index contributed by atoms with van der Waals surface area (Å²) in [5.74, 6) is -0.634. The molecule has 0 fully saturated rings. The van der Waals surface area contributed by atoms with Crippen molar-refractivity contribution in [3.63, 3.8) is 0 Å². The van der Waals surface area contributed by atoms with Crippen molar-refractivity contribution in [3.05, 3.63) is 53.6 Å². The Hall–Kier alpha value is -2.48. The molecule has 1 aromatic carbocycles. The Morgan fingerprint density at radius 1 is 1.47 bits per heavy atom. The van der Waals surface area contributed by atoms with Crippen LogP contribution in [0.4, 0.5) is 5.69 Å². The molecule has 0 amide bonds.